The Morgan fingerprint density at radius 1 is 1.03 bits per heavy atom. The van der Waals surface area contributed by atoms with Crippen molar-refractivity contribution < 1.29 is 4.74 Å². The molecule has 2 aliphatic rings. The van der Waals surface area contributed by atoms with Gasteiger partial charge in [0.05, 0.1) is 37.0 Å². The van der Waals surface area contributed by atoms with E-state index >= 15 is 0 Å². The zero-order valence-corrected chi connectivity index (χ0v) is 19.2. The first kappa shape index (κ1) is 21.5. The van der Waals surface area contributed by atoms with Gasteiger partial charge in [-0.3, -0.25) is 9.88 Å². The number of hydrogen-bond donors (Lipinski definition) is 1. The number of hydrogen-bond acceptors (Lipinski definition) is 7. The van der Waals surface area contributed by atoms with E-state index in [-0.39, 0.29) is 0 Å². The highest BCUT2D eigenvalue weighted by atomic mass is 16.5. The third-order valence-corrected chi connectivity index (χ3v) is 6.28. The molecule has 0 saturated carbocycles. The Kier molecular flexibility index (Phi) is 6.54. The third kappa shape index (κ3) is 5.01. The maximum atomic E-state index is 5.70. The number of aromatic nitrogens is 3. The summed E-state index contributed by atoms with van der Waals surface area (Å²) in [5.41, 5.74) is 2.70. The maximum absolute atomic E-state index is 5.70. The fourth-order valence-corrected chi connectivity index (χ4v) is 4.47. The number of nitrogens with zero attached hydrogens (tertiary/aromatic N) is 5. The zero-order valence-electron chi connectivity index (χ0n) is 19.2. The minimum absolute atomic E-state index is 0.589. The molecule has 4 heterocycles. The number of fused-ring (bicyclic) bond motifs is 1. The Morgan fingerprint density at radius 2 is 1.85 bits per heavy atom. The number of ether oxygens (including phenoxy) is 1. The molecule has 0 atom stereocenters. The first-order chi connectivity index (χ1) is 16.3. The Balaban J connectivity index is 1.50. The minimum atomic E-state index is 0.589. The van der Waals surface area contributed by atoms with Crippen molar-refractivity contribution in [1.29, 1.82) is 0 Å². The van der Waals surface area contributed by atoms with Gasteiger partial charge in [0.2, 0.25) is 5.95 Å². The van der Waals surface area contributed by atoms with Gasteiger partial charge < -0.3 is 15.0 Å². The van der Waals surface area contributed by atoms with Gasteiger partial charge in [-0.2, -0.15) is 4.98 Å². The van der Waals surface area contributed by atoms with E-state index in [9.17, 15) is 0 Å². The fraction of sp³-hybridized carbons (Fsp3) is 0.423. The molecule has 2 aliphatic heterocycles. The lowest BCUT2D eigenvalue weighted by molar-refractivity contribution is 0.383. The van der Waals surface area contributed by atoms with Crippen LogP contribution in [-0.2, 0) is 6.54 Å². The van der Waals surface area contributed by atoms with Crippen molar-refractivity contribution in [2.45, 2.75) is 32.2 Å². The smallest absolute Gasteiger partial charge is 0.227 e. The van der Waals surface area contributed by atoms with Crippen LogP contribution in [0.4, 0.5) is 11.8 Å². The summed E-state index contributed by atoms with van der Waals surface area (Å²) in [5, 5.41) is 4.41. The van der Waals surface area contributed by atoms with E-state index < -0.39 is 0 Å². The Hall–Kier alpha value is -3.37. The van der Waals surface area contributed by atoms with Crippen molar-refractivity contribution in [3.05, 3.63) is 47.8 Å². The maximum Gasteiger partial charge on any atom is 0.227 e. The standard InChI is InChI=1S/C26H30N6O/c1-33-24-18-22-23(17-20(24)9-8-14-31-12-4-5-13-31)29-26(32-15-6-7-16-32)30-25(22)28-19-21-10-2-3-11-27-21/h2-3,10-11,17-18H,4-7,12-16,19H2,1H3,(H,28,29,30). The molecule has 0 amide bonds. The van der Waals surface area contributed by atoms with Crippen molar-refractivity contribution in [2.75, 3.05) is 50.1 Å². The minimum Gasteiger partial charge on any atom is -0.495 e. The Bertz CT molecular complexity index is 1160. The number of anilines is 2. The molecule has 170 valence electrons. The van der Waals surface area contributed by atoms with Crippen LogP contribution in [0, 0.1) is 11.8 Å². The van der Waals surface area contributed by atoms with Gasteiger partial charge in [0.15, 0.2) is 0 Å². The topological polar surface area (TPSA) is 66.4 Å². The molecule has 2 aromatic heterocycles. The van der Waals surface area contributed by atoms with Crippen LogP contribution in [0.15, 0.2) is 36.5 Å². The summed E-state index contributed by atoms with van der Waals surface area (Å²) >= 11 is 0. The highest BCUT2D eigenvalue weighted by Crippen LogP contribution is 2.31. The van der Waals surface area contributed by atoms with Crippen LogP contribution in [-0.4, -0.2) is 59.7 Å². The monoisotopic (exact) mass is 442 g/mol. The lowest BCUT2D eigenvalue weighted by Crippen LogP contribution is -2.21. The first-order valence-electron chi connectivity index (χ1n) is 11.8. The van der Waals surface area contributed by atoms with Crippen LogP contribution >= 0.6 is 0 Å². The van der Waals surface area contributed by atoms with Gasteiger partial charge >= 0.3 is 0 Å². The third-order valence-electron chi connectivity index (χ3n) is 6.28. The number of likely N-dealkylation sites (tertiary alicyclic amines) is 1. The number of pyridine rings is 1. The van der Waals surface area contributed by atoms with Gasteiger partial charge in [0.25, 0.3) is 0 Å². The van der Waals surface area contributed by atoms with E-state index in [1.54, 1.807) is 13.3 Å². The quantitative estimate of drug-likeness (QED) is 0.584. The SMILES string of the molecule is COc1cc2c(NCc3ccccn3)nc(N3CCCC3)nc2cc1C#CCN1CCCC1. The van der Waals surface area contributed by atoms with Crippen molar-refractivity contribution in [2.24, 2.45) is 0 Å². The van der Waals surface area contributed by atoms with Crippen LogP contribution in [0.5, 0.6) is 5.75 Å². The summed E-state index contributed by atoms with van der Waals surface area (Å²) in [6, 6.07) is 9.97. The van der Waals surface area contributed by atoms with Gasteiger partial charge in [-0.1, -0.05) is 17.9 Å². The van der Waals surface area contributed by atoms with Crippen LogP contribution < -0.4 is 15.0 Å². The van der Waals surface area contributed by atoms with E-state index in [2.05, 4.69) is 31.9 Å². The first-order valence-corrected chi connectivity index (χ1v) is 11.8. The highest BCUT2D eigenvalue weighted by Gasteiger charge is 2.19. The number of nitrogens with one attached hydrogen (secondary N) is 1. The zero-order chi connectivity index (χ0) is 22.5. The fourth-order valence-electron chi connectivity index (χ4n) is 4.47. The number of methoxy groups -OCH3 is 1. The summed E-state index contributed by atoms with van der Waals surface area (Å²) in [6.07, 6.45) is 6.69. The van der Waals surface area contributed by atoms with Gasteiger partial charge in [-0.15, -0.1) is 0 Å². The summed E-state index contributed by atoms with van der Waals surface area (Å²) in [5.74, 6) is 8.97. The van der Waals surface area contributed by atoms with Gasteiger partial charge in [-0.25, -0.2) is 4.98 Å². The lowest BCUT2D eigenvalue weighted by atomic mass is 10.1. The molecule has 0 spiro atoms. The molecule has 0 unspecified atom stereocenters. The van der Waals surface area contributed by atoms with Gasteiger partial charge in [0, 0.05) is 24.7 Å². The van der Waals surface area contributed by atoms with Crippen molar-refractivity contribution >= 4 is 22.7 Å². The van der Waals surface area contributed by atoms with Crippen molar-refractivity contribution in [3.8, 4) is 17.6 Å². The van der Waals surface area contributed by atoms with Gasteiger partial charge in [-0.05, 0) is 63.0 Å². The molecule has 0 bridgehead atoms. The average Bonchev–Trinajstić information content (AvgIpc) is 3.57. The van der Waals surface area contributed by atoms with E-state index in [1.807, 2.05) is 30.3 Å². The molecule has 0 radical (unpaired) electrons. The predicted octanol–water partition coefficient (Wildman–Crippen LogP) is 3.69. The molecule has 33 heavy (non-hydrogen) atoms. The Labute approximate surface area is 195 Å². The molecular weight excluding hydrogens is 412 g/mol. The number of rotatable bonds is 6. The molecule has 1 aromatic carbocycles. The second-order valence-corrected chi connectivity index (χ2v) is 8.60. The molecule has 7 heteroatoms. The van der Waals surface area contributed by atoms with Crippen LogP contribution in [0.2, 0.25) is 0 Å². The summed E-state index contributed by atoms with van der Waals surface area (Å²) in [7, 11) is 1.69. The summed E-state index contributed by atoms with van der Waals surface area (Å²) in [6.45, 7) is 5.64. The van der Waals surface area contributed by atoms with E-state index in [1.165, 1.54) is 25.7 Å². The second kappa shape index (κ2) is 10.1. The average molecular weight is 443 g/mol. The molecule has 3 aromatic rings. The predicted molar refractivity (Wildman–Crippen MR) is 132 cm³/mol. The summed E-state index contributed by atoms with van der Waals surface area (Å²) in [4.78, 5) is 18.9. The van der Waals surface area contributed by atoms with E-state index in [4.69, 9.17) is 14.7 Å². The van der Waals surface area contributed by atoms with Crippen molar-refractivity contribution in [3.63, 3.8) is 0 Å². The molecule has 2 saturated heterocycles. The molecule has 1 N–H and O–H groups in total. The molecular formula is C26H30N6O. The lowest BCUT2D eigenvalue weighted by Gasteiger charge is -2.18. The normalized spacial score (nSPS) is 16.1. The van der Waals surface area contributed by atoms with E-state index in [0.717, 1.165) is 72.4 Å². The molecule has 0 aliphatic carbocycles. The largest absolute Gasteiger partial charge is 0.495 e. The van der Waals surface area contributed by atoms with Gasteiger partial charge in [0.1, 0.15) is 11.6 Å². The molecule has 5 rings (SSSR count). The summed E-state index contributed by atoms with van der Waals surface area (Å²) < 4.78 is 5.70. The van der Waals surface area contributed by atoms with E-state index in [0.29, 0.717) is 6.54 Å². The highest BCUT2D eigenvalue weighted by molar-refractivity contribution is 5.92. The molecule has 7 nitrogen and oxygen atoms in total. The van der Waals surface area contributed by atoms with Crippen LogP contribution in [0.1, 0.15) is 36.9 Å². The van der Waals surface area contributed by atoms with Crippen molar-refractivity contribution in [1.82, 2.24) is 19.9 Å². The van der Waals surface area contributed by atoms with Crippen LogP contribution in [0.25, 0.3) is 10.9 Å². The second-order valence-electron chi connectivity index (χ2n) is 8.60. The molecule has 2 fully saturated rings. The number of benzene rings is 1. The Morgan fingerprint density at radius 3 is 2.61 bits per heavy atom. The van der Waals surface area contributed by atoms with Crippen LogP contribution in [0.3, 0.4) is 0 Å².